The zero-order chi connectivity index (χ0) is 9.14. The molecule has 0 saturated heterocycles. The van der Waals surface area contributed by atoms with Crippen molar-refractivity contribution in [3.63, 3.8) is 0 Å². The molecule has 0 aromatic heterocycles. The highest BCUT2D eigenvalue weighted by molar-refractivity contribution is 5.47. The fourth-order valence-electron chi connectivity index (χ4n) is 0.840. The van der Waals surface area contributed by atoms with Crippen LogP contribution in [-0.2, 0) is 0 Å². The lowest BCUT2D eigenvalue weighted by Crippen LogP contribution is -2.03. The Labute approximate surface area is 70.4 Å². The van der Waals surface area contributed by atoms with Gasteiger partial charge in [0, 0.05) is 13.2 Å². The van der Waals surface area contributed by atoms with E-state index in [-0.39, 0.29) is 7.18 Å². The summed E-state index contributed by atoms with van der Waals surface area (Å²) in [5.41, 5.74) is 6.43. The highest BCUT2D eigenvalue weighted by Gasteiger charge is 2.06. The average Bonchev–Trinajstić information content (AvgIpc) is 1.96. The lowest BCUT2D eigenvalue weighted by Gasteiger charge is -2.07. The molecule has 0 bridgehead atoms. The molecule has 0 spiro atoms. The van der Waals surface area contributed by atoms with Crippen LogP contribution in [-0.4, -0.2) is 6.61 Å². The molecule has 1 aromatic rings. The predicted molar refractivity (Wildman–Crippen MR) is 44.3 cm³/mol. The van der Waals surface area contributed by atoms with Crippen molar-refractivity contribution in [1.82, 2.24) is 0 Å². The van der Waals surface area contributed by atoms with Crippen LogP contribution in [0.1, 0.15) is 6.99 Å². The first-order valence-corrected chi connectivity index (χ1v) is 3.40. The maximum Gasteiger partial charge on any atom is 0.387 e. The smallest absolute Gasteiger partial charge is 0.387 e. The number of benzene rings is 1. The summed E-state index contributed by atoms with van der Waals surface area (Å²) in [5, 5.41) is 0. The van der Waals surface area contributed by atoms with E-state index in [1.54, 1.807) is 19.1 Å². The van der Waals surface area contributed by atoms with Crippen molar-refractivity contribution in [2.75, 3.05) is 5.73 Å². The molecular weight excluding hydrogens is 164 g/mol. The maximum atomic E-state index is 11.8. The first-order chi connectivity index (χ1) is 5.59. The van der Waals surface area contributed by atoms with Crippen LogP contribution in [0.4, 0.5) is 14.5 Å². The maximum absolute atomic E-state index is 11.8. The second-order valence-electron chi connectivity index (χ2n) is 2.40. The van der Waals surface area contributed by atoms with Crippen LogP contribution in [0.25, 0.3) is 0 Å². The minimum Gasteiger partial charge on any atom is -0.434 e. The Morgan fingerprint density at radius 2 is 2.17 bits per heavy atom. The van der Waals surface area contributed by atoms with Gasteiger partial charge in [-0.25, -0.2) is 0 Å². The minimum absolute atomic E-state index is 0. The molecule has 0 fully saturated rings. The second kappa shape index (κ2) is 3.38. The number of nitrogen functional groups attached to an aromatic ring is 1. The highest BCUT2D eigenvalue weighted by atomic mass is 19.3. The Balaban J connectivity index is 0.00000144. The van der Waals surface area contributed by atoms with Gasteiger partial charge in [-0.2, -0.15) is 8.78 Å². The van der Waals surface area contributed by atoms with E-state index in [0.717, 1.165) is 0 Å². The molecule has 0 atom stereocenters. The molecule has 0 aliphatic rings. The zero-order valence-corrected chi connectivity index (χ0v) is 6.55. The fourth-order valence-corrected chi connectivity index (χ4v) is 0.840. The third-order valence-corrected chi connectivity index (χ3v) is 1.43. The molecule has 0 heterocycles. The quantitative estimate of drug-likeness (QED) is 0.700. The Morgan fingerprint density at radius 3 is 2.75 bits per heavy atom. The zero-order valence-electron chi connectivity index (χ0n) is 6.55. The van der Waals surface area contributed by atoms with Gasteiger partial charge in [-0.3, -0.25) is 0 Å². The Hall–Kier alpha value is -1.32. The summed E-state index contributed by atoms with van der Waals surface area (Å²) in [6, 6.07) is 4.64. The Morgan fingerprint density at radius 1 is 1.50 bits per heavy atom. The SMILES string of the molecule is Cc1ccc(N)cc1OC(F)F.[HH]. The number of anilines is 1. The summed E-state index contributed by atoms with van der Waals surface area (Å²) in [4.78, 5) is 0. The molecule has 0 radical (unpaired) electrons. The molecule has 0 saturated carbocycles. The van der Waals surface area contributed by atoms with Gasteiger partial charge in [0.25, 0.3) is 0 Å². The summed E-state index contributed by atoms with van der Waals surface area (Å²) < 4.78 is 27.8. The van der Waals surface area contributed by atoms with Gasteiger partial charge >= 0.3 is 6.61 Å². The first-order valence-electron chi connectivity index (χ1n) is 3.40. The molecule has 0 aliphatic heterocycles. The molecule has 68 valence electrons. The van der Waals surface area contributed by atoms with Crippen molar-refractivity contribution >= 4 is 5.69 Å². The number of hydrogen-bond donors (Lipinski definition) is 1. The summed E-state index contributed by atoms with van der Waals surface area (Å²) in [5.74, 6) is 0.130. The van der Waals surface area contributed by atoms with E-state index >= 15 is 0 Å². The molecule has 1 aromatic carbocycles. The molecule has 0 unspecified atom stereocenters. The molecule has 12 heavy (non-hydrogen) atoms. The molecule has 0 amide bonds. The van der Waals surface area contributed by atoms with Crippen LogP contribution in [0.2, 0.25) is 0 Å². The molecule has 4 heteroatoms. The van der Waals surface area contributed by atoms with Crippen LogP contribution in [0.3, 0.4) is 0 Å². The summed E-state index contributed by atoms with van der Waals surface area (Å²) in [7, 11) is 0. The minimum atomic E-state index is -2.80. The third kappa shape index (κ3) is 2.08. The predicted octanol–water partition coefficient (Wildman–Crippen LogP) is 2.42. The van der Waals surface area contributed by atoms with Crippen LogP contribution in [0.5, 0.6) is 5.75 Å². The lowest BCUT2D eigenvalue weighted by molar-refractivity contribution is -0.0502. The average molecular weight is 175 g/mol. The summed E-state index contributed by atoms with van der Waals surface area (Å²) in [6.07, 6.45) is 0. The van der Waals surface area contributed by atoms with Crippen LogP contribution in [0.15, 0.2) is 18.2 Å². The van der Waals surface area contributed by atoms with Crippen molar-refractivity contribution in [2.45, 2.75) is 13.5 Å². The number of nitrogens with two attached hydrogens (primary N) is 1. The van der Waals surface area contributed by atoms with Crippen LogP contribution < -0.4 is 10.5 Å². The second-order valence-corrected chi connectivity index (χ2v) is 2.40. The number of ether oxygens (including phenoxy) is 1. The Kier molecular flexibility index (Phi) is 2.47. The van der Waals surface area contributed by atoms with Gasteiger partial charge in [-0.1, -0.05) is 6.07 Å². The van der Waals surface area contributed by atoms with Gasteiger partial charge in [-0.05, 0) is 18.6 Å². The van der Waals surface area contributed by atoms with Crippen LogP contribution >= 0.6 is 0 Å². The topological polar surface area (TPSA) is 35.2 Å². The van der Waals surface area contributed by atoms with Crippen molar-refractivity contribution in [2.24, 2.45) is 0 Å². The van der Waals surface area contributed by atoms with Crippen molar-refractivity contribution in [1.29, 1.82) is 0 Å². The molecular formula is C8H11F2NO. The van der Waals surface area contributed by atoms with Gasteiger partial charge in [0.15, 0.2) is 0 Å². The van der Waals surface area contributed by atoms with E-state index in [1.165, 1.54) is 6.07 Å². The van der Waals surface area contributed by atoms with Crippen molar-refractivity contribution < 1.29 is 14.9 Å². The molecule has 2 nitrogen and oxygen atoms in total. The number of hydrogen-bond acceptors (Lipinski definition) is 2. The van der Waals surface area contributed by atoms with Crippen molar-refractivity contribution in [3.05, 3.63) is 23.8 Å². The number of halogens is 2. The third-order valence-electron chi connectivity index (χ3n) is 1.43. The fraction of sp³-hybridized carbons (Fsp3) is 0.250. The van der Waals surface area contributed by atoms with E-state index in [2.05, 4.69) is 4.74 Å². The summed E-state index contributed by atoms with van der Waals surface area (Å²) >= 11 is 0. The van der Waals surface area contributed by atoms with Gasteiger partial charge in [-0.15, -0.1) is 0 Å². The van der Waals surface area contributed by atoms with Gasteiger partial charge < -0.3 is 10.5 Å². The van der Waals surface area contributed by atoms with Crippen molar-refractivity contribution in [3.8, 4) is 5.75 Å². The van der Waals surface area contributed by atoms with Gasteiger partial charge in [0.2, 0.25) is 0 Å². The van der Waals surface area contributed by atoms with E-state index in [1.807, 2.05) is 0 Å². The molecule has 1 rings (SSSR count). The van der Waals surface area contributed by atoms with Gasteiger partial charge in [0.1, 0.15) is 5.75 Å². The standard InChI is InChI=1S/C8H9F2NO.H2/c1-5-2-3-6(11)4-7(5)12-8(9)10;/h2-4,8H,11H2,1H3;1H. The highest BCUT2D eigenvalue weighted by Crippen LogP contribution is 2.22. The number of aryl methyl sites for hydroxylation is 1. The number of rotatable bonds is 2. The van der Waals surface area contributed by atoms with E-state index in [0.29, 0.717) is 11.3 Å². The van der Waals surface area contributed by atoms with Gasteiger partial charge in [0.05, 0.1) is 0 Å². The van der Waals surface area contributed by atoms with E-state index in [9.17, 15) is 8.78 Å². The largest absolute Gasteiger partial charge is 0.434 e. The monoisotopic (exact) mass is 175 g/mol. The van der Waals surface area contributed by atoms with Crippen LogP contribution in [0, 0.1) is 6.92 Å². The molecule has 0 aliphatic carbocycles. The van der Waals surface area contributed by atoms with E-state index < -0.39 is 6.61 Å². The van der Waals surface area contributed by atoms with E-state index in [4.69, 9.17) is 5.73 Å². The first kappa shape index (κ1) is 8.77. The molecule has 2 N–H and O–H groups in total. The number of alkyl halides is 2. The Bertz CT molecular complexity index is 281. The normalized spacial score (nSPS) is 10.3. The summed E-state index contributed by atoms with van der Waals surface area (Å²) in [6.45, 7) is -1.12. The lowest BCUT2D eigenvalue weighted by atomic mass is 10.2.